The third kappa shape index (κ3) is 24.1. The van der Waals surface area contributed by atoms with E-state index in [-0.39, 0.29) is 17.8 Å². The summed E-state index contributed by atoms with van der Waals surface area (Å²) < 4.78 is 0. The van der Waals surface area contributed by atoms with Gasteiger partial charge in [0.25, 0.3) is 6.04 Å². The average Bonchev–Trinajstić information content (AvgIpc) is 2.90. The van der Waals surface area contributed by atoms with Gasteiger partial charge in [0.05, 0.1) is 0 Å². The normalized spacial score (nSPS) is 7.24. The number of nitro groups is 1. The van der Waals surface area contributed by atoms with Gasteiger partial charge in [-0.05, 0) is 108 Å². The molecule has 206 valence electrons. The maximum atomic E-state index is 10.4. The molecular weight excluding hydrogens is 523 g/mol. The van der Waals surface area contributed by atoms with Crippen molar-refractivity contribution in [1.29, 1.82) is 0 Å². The van der Waals surface area contributed by atoms with E-state index in [1.54, 1.807) is 0 Å². The lowest BCUT2D eigenvalue weighted by molar-refractivity contribution is -0.378. The first-order valence-electron chi connectivity index (χ1n) is 10.6. The van der Waals surface area contributed by atoms with Gasteiger partial charge in [-0.15, -0.1) is 36.0 Å². The van der Waals surface area contributed by atoms with Crippen molar-refractivity contribution in [3.8, 4) is 96.4 Å². The standard InChI is InChI=1S/C14H19Cl2NO2.C14H2.C2HNO2.8H2/c15-8-10-17(11-9-16)13-6-4-12(5-7-13)2-1-3-14(18)19;1-3-5-7-9-11-13-14-12-10-8-6-4-2;1-2-3(4)5;;;;;;;;/h4-7H,1-3,8-11H2,(H,18,19);1-2H;1H;8*1H. The number of carbonyl (C=O) groups is 1. The third-order valence-electron chi connectivity index (χ3n) is 3.68. The molecule has 1 N–H and O–H groups in total. The van der Waals surface area contributed by atoms with Crippen molar-refractivity contribution in [3.05, 3.63) is 39.9 Å². The molecular formula is C30H38Cl2N2O4. The first-order chi connectivity index (χ1) is 18.4. The predicted octanol–water partition coefficient (Wildman–Crippen LogP) is 5.47. The molecule has 0 atom stereocenters. The Bertz CT molecular complexity index is 1310. The van der Waals surface area contributed by atoms with Crippen LogP contribution < -0.4 is 4.90 Å². The molecule has 8 heteroatoms. The predicted molar refractivity (Wildman–Crippen MR) is 170 cm³/mol. The quantitative estimate of drug-likeness (QED) is 0.142. The Balaban J connectivity index is -0.0000000543. The van der Waals surface area contributed by atoms with Gasteiger partial charge in [0.15, 0.2) is 0 Å². The molecule has 0 fully saturated rings. The Morgan fingerprint density at radius 3 is 1.58 bits per heavy atom. The van der Waals surface area contributed by atoms with E-state index in [1.165, 1.54) is 6.04 Å². The minimum atomic E-state index is -0.847. The van der Waals surface area contributed by atoms with Crippen LogP contribution in [0, 0.1) is 106 Å². The molecule has 0 unspecified atom stereocenters. The van der Waals surface area contributed by atoms with Crippen molar-refractivity contribution in [1.82, 2.24) is 0 Å². The Hall–Kier alpha value is -5.05. The molecule has 0 saturated carbocycles. The van der Waals surface area contributed by atoms with Crippen LogP contribution in [0.4, 0.5) is 5.69 Å². The third-order valence-corrected chi connectivity index (χ3v) is 4.02. The number of carboxylic acids is 1. The van der Waals surface area contributed by atoms with Gasteiger partial charge in [-0.25, -0.2) is 10.1 Å². The summed E-state index contributed by atoms with van der Waals surface area (Å²) >= 11 is 11.5. The highest BCUT2D eigenvalue weighted by atomic mass is 35.5. The Kier molecular flexibility index (Phi) is 24.5. The molecule has 38 heavy (non-hydrogen) atoms. The number of rotatable bonds is 9. The van der Waals surface area contributed by atoms with Gasteiger partial charge in [-0.2, -0.15) is 0 Å². The van der Waals surface area contributed by atoms with E-state index in [9.17, 15) is 4.79 Å². The van der Waals surface area contributed by atoms with E-state index in [1.807, 2.05) is 24.3 Å². The van der Waals surface area contributed by atoms with Gasteiger partial charge in [-0.1, -0.05) is 12.1 Å². The second kappa shape index (κ2) is 26.6. The van der Waals surface area contributed by atoms with E-state index in [0.717, 1.165) is 30.8 Å². The number of aryl methyl sites for hydroxylation is 1. The number of hydrogen-bond acceptors (Lipinski definition) is 4. The number of terminal acetylenes is 3. The van der Waals surface area contributed by atoms with Crippen LogP contribution >= 0.6 is 23.2 Å². The van der Waals surface area contributed by atoms with Crippen molar-refractivity contribution >= 4 is 34.9 Å². The highest BCUT2D eigenvalue weighted by molar-refractivity contribution is 6.18. The summed E-state index contributed by atoms with van der Waals surface area (Å²) in [6, 6.07) is 9.39. The summed E-state index contributed by atoms with van der Waals surface area (Å²) in [6.45, 7) is 1.54. The van der Waals surface area contributed by atoms with Crippen molar-refractivity contribution in [3.63, 3.8) is 0 Å². The summed E-state index contributed by atoms with van der Waals surface area (Å²) in [7, 11) is 0. The Morgan fingerprint density at radius 1 is 0.868 bits per heavy atom. The number of nitrogens with zero attached hydrogens (tertiary/aromatic N) is 2. The van der Waals surface area contributed by atoms with Crippen LogP contribution in [-0.4, -0.2) is 40.8 Å². The minimum absolute atomic E-state index is 0. The van der Waals surface area contributed by atoms with Crippen LogP contribution in [-0.2, 0) is 11.2 Å². The molecule has 0 bridgehead atoms. The zero-order valence-electron chi connectivity index (χ0n) is 20.3. The van der Waals surface area contributed by atoms with Gasteiger partial charge < -0.3 is 10.0 Å². The topological polar surface area (TPSA) is 83.7 Å². The lowest BCUT2D eigenvalue weighted by atomic mass is 10.1. The van der Waals surface area contributed by atoms with Crippen molar-refractivity contribution in [2.24, 2.45) is 0 Å². The summed E-state index contributed by atoms with van der Waals surface area (Å²) in [6.07, 6.45) is 15.6. The van der Waals surface area contributed by atoms with Gasteiger partial charge in [0, 0.05) is 48.4 Å². The van der Waals surface area contributed by atoms with Crippen LogP contribution in [0.25, 0.3) is 0 Å². The molecule has 6 nitrogen and oxygen atoms in total. The van der Waals surface area contributed by atoms with Gasteiger partial charge in [0.1, 0.15) is 4.92 Å². The highest BCUT2D eigenvalue weighted by Gasteiger charge is 2.05. The highest BCUT2D eigenvalue weighted by Crippen LogP contribution is 2.16. The number of hydrogen-bond donors (Lipinski definition) is 1. The second-order valence-electron chi connectivity index (χ2n) is 6.20. The van der Waals surface area contributed by atoms with Crippen LogP contribution in [0.5, 0.6) is 0 Å². The van der Waals surface area contributed by atoms with Crippen LogP contribution in [0.15, 0.2) is 24.3 Å². The number of carboxylic acid groups (broad SMARTS) is 1. The Labute approximate surface area is 246 Å². The Morgan fingerprint density at radius 2 is 1.26 bits per heavy atom. The SMILES string of the molecule is C#CC#CC#CC#CC#CC#CC#C.C#C[N+](=O)[O-].O=C(O)CCCc1ccc(N(CCCl)CCCl)cc1.[HH].[HH].[HH].[HH].[HH].[HH].[HH].[HH]. The fourth-order valence-electron chi connectivity index (χ4n) is 2.21. The fraction of sp³-hybridized carbons (Fsp3) is 0.233. The zero-order chi connectivity index (χ0) is 28.9. The number of alkyl halides is 2. The fourth-order valence-corrected chi connectivity index (χ4v) is 2.62. The summed E-state index contributed by atoms with van der Waals surface area (Å²) in [4.78, 5) is 20.7. The number of halogens is 2. The number of benzene rings is 1. The van der Waals surface area contributed by atoms with E-state index >= 15 is 0 Å². The van der Waals surface area contributed by atoms with Crippen LogP contribution in [0.3, 0.4) is 0 Å². The molecule has 0 aliphatic carbocycles. The molecule has 0 heterocycles. The zero-order valence-corrected chi connectivity index (χ0v) is 21.8. The van der Waals surface area contributed by atoms with E-state index < -0.39 is 10.9 Å². The summed E-state index contributed by atoms with van der Waals surface area (Å²) in [5, 5.41) is 17.5. The van der Waals surface area contributed by atoms with Gasteiger partial charge >= 0.3 is 5.97 Å². The lowest BCUT2D eigenvalue weighted by Gasteiger charge is -2.23. The van der Waals surface area contributed by atoms with Crippen molar-refractivity contribution < 1.29 is 26.2 Å². The van der Waals surface area contributed by atoms with Gasteiger partial charge in [-0.3, -0.25) is 4.79 Å². The lowest BCUT2D eigenvalue weighted by Crippen LogP contribution is -2.27. The first-order valence-corrected chi connectivity index (χ1v) is 11.6. The molecule has 0 radical (unpaired) electrons. The second-order valence-corrected chi connectivity index (χ2v) is 6.96. The molecule has 1 rings (SSSR count). The molecule has 0 spiro atoms. The monoisotopic (exact) mass is 560 g/mol. The maximum Gasteiger partial charge on any atom is 0.303 e. The molecule has 0 aromatic heterocycles. The molecule has 0 aliphatic heterocycles. The largest absolute Gasteiger partial charge is 0.481 e. The van der Waals surface area contributed by atoms with Gasteiger partial charge in [0.2, 0.25) is 0 Å². The molecule has 0 amide bonds. The number of anilines is 1. The minimum Gasteiger partial charge on any atom is -0.481 e. The smallest absolute Gasteiger partial charge is 0.303 e. The number of aliphatic carboxylic acids is 1. The molecule has 1 aromatic rings. The van der Waals surface area contributed by atoms with E-state index in [4.69, 9.17) is 51.3 Å². The maximum absolute atomic E-state index is 10.4. The van der Waals surface area contributed by atoms with Crippen LogP contribution in [0.2, 0.25) is 0 Å². The van der Waals surface area contributed by atoms with Crippen molar-refractivity contribution in [2.75, 3.05) is 29.7 Å². The van der Waals surface area contributed by atoms with E-state index in [0.29, 0.717) is 18.2 Å². The van der Waals surface area contributed by atoms with Crippen LogP contribution in [0.1, 0.15) is 29.8 Å². The molecule has 0 saturated heterocycles. The first kappa shape index (κ1) is 35.1. The summed E-state index contributed by atoms with van der Waals surface area (Å²) in [5.74, 6) is 28.7. The average molecular weight is 562 g/mol. The molecule has 0 aliphatic rings. The van der Waals surface area contributed by atoms with E-state index in [2.05, 4.69) is 82.4 Å². The van der Waals surface area contributed by atoms with Crippen molar-refractivity contribution in [2.45, 2.75) is 19.3 Å². The molecule has 1 aromatic carbocycles. The summed E-state index contributed by atoms with van der Waals surface area (Å²) in [5.41, 5.74) is 2.25.